The van der Waals surface area contributed by atoms with Crippen LogP contribution in [-0.4, -0.2) is 46.5 Å². The van der Waals surface area contributed by atoms with Crippen molar-refractivity contribution >= 4 is 11.8 Å². The highest BCUT2D eigenvalue weighted by Crippen LogP contribution is 2.29. The number of aromatic nitrogens is 2. The number of nitrogens with zero attached hydrogens (tertiary/aromatic N) is 3. The first kappa shape index (κ1) is 15.8. The predicted octanol–water partition coefficient (Wildman–Crippen LogP) is 1.58. The molecule has 7 nitrogen and oxygen atoms in total. The van der Waals surface area contributed by atoms with Gasteiger partial charge in [0.1, 0.15) is 0 Å². The van der Waals surface area contributed by atoms with E-state index in [0.29, 0.717) is 37.8 Å². The van der Waals surface area contributed by atoms with E-state index in [2.05, 4.69) is 15.5 Å². The molecule has 1 unspecified atom stereocenters. The molecule has 2 amide bonds. The SMILES string of the molecule is O=C1CC(C(=O)N2CCC(c3nc(-c4ccccc4)no3)CC2)CN1. The van der Waals surface area contributed by atoms with Gasteiger partial charge in [-0.3, -0.25) is 9.59 Å². The van der Waals surface area contributed by atoms with E-state index in [-0.39, 0.29) is 23.7 Å². The van der Waals surface area contributed by atoms with Gasteiger partial charge in [-0.1, -0.05) is 35.5 Å². The highest BCUT2D eigenvalue weighted by molar-refractivity contribution is 5.89. The molecule has 1 aromatic carbocycles. The number of benzene rings is 1. The molecule has 0 spiro atoms. The Hall–Kier alpha value is -2.70. The maximum atomic E-state index is 12.5. The summed E-state index contributed by atoms with van der Waals surface area (Å²) < 4.78 is 5.45. The molecule has 1 N–H and O–H groups in total. The lowest BCUT2D eigenvalue weighted by molar-refractivity contribution is -0.136. The molecule has 0 radical (unpaired) electrons. The number of rotatable bonds is 3. The van der Waals surface area contributed by atoms with Crippen LogP contribution < -0.4 is 5.32 Å². The third-order valence-electron chi connectivity index (χ3n) is 4.96. The molecule has 1 aromatic heterocycles. The van der Waals surface area contributed by atoms with Crippen LogP contribution in [0.5, 0.6) is 0 Å². The third-order valence-corrected chi connectivity index (χ3v) is 4.96. The molecule has 2 fully saturated rings. The number of nitrogens with one attached hydrogen (secondary N) is 1. The summed E-state index contributed by atoms with van der Waals surface area (Å²) in [5.41, 5.74) is 0.934. The summed E-state index contributed by atoms with van der Waals surface area (Å²) in [6.07, 6.45) is 1.91. The lowest BCUT2D eigenvalue weighted by atomic mass is 9.95. The molecule has 2 aromatic rings. The number of amides is 2. The molecule has 1 atom stereocenters. The Morgan fingerprint density at radius 2 is 1.96 bits per heavy atom. The van der Waals surface area contributed by atoms with Gasteiger partial charge in [-0.05, 0) is 12.8 Å². The van der Waals surface area contributed by atoms with Crippen molar-refractivity contribution in [2.45, 2.75) is 25.2 Å². The van der Waals surface area contributed by atoms with E-state index in [9.17, 15) is 9.59 Å². The van der Waals surface area contributed by atoms with E-state index >= 15 is 0 Å². The van der Waals surface area contributed by atoms with Crippen molar-refractivity contribution in [1.82, 2.24) is 20.4 Å². The Morgan fingerprint density at radius 1 is 1.20 bits per heavy atom. The zero-order chi connectivity index (χ0) is 17.2. The van der Waals surface area contributed by atoms with Gasteiger partial charge >= 0.3 is 0 Å². The van der Waals surface area contributed by atoms with Gasteiger partial charge in [0.05, 0.1) is 5.92 Å². The van der Waals surface area contributed by atoms with Gasteiger partial charge in [0.15, 0.2) is 0 Å². The van der Waals surface area contributed by atoms with Crippen LogP contribution in [0.3, 0.4) is 0 Å². The van der Waals surface area contributed by atoms with Gasteiger partial charge in [0.25, 0.3) is 0 Å². The summed E-state index contributed by atoms with van der Waals surface area (Å²) in [7, 11) is 0. The maximum absolute atomic E-state index is 12.5. The van der Waals surface area contributed by atoms with E-state index < -0.39 is 0 Å². The summed E-state index contributed by atoms with van der Waals surface area (Å²) in [6.45, 7) is 1.79. The highest BCUT2D eigenvalue weighted by Gasteiger charge is 2.34. The van der Waals surface area contributed by atoms with E-state index in [1.165, 1.54) is 0 Å². The third kappa shape index (κ3) is 3.26. The first-order chi connectivity index (χ1) is 12.2. The van der Waals surface area contributed by atoms with E-state index in [1.54, 1.807) is 0 Å². The molecule has 25 heavy (non-hydrogen) atoms. The van der Waals surface area contributed by atoms with E-state index in [0.717, 1.165) is 18.4 Å². The number of hydrogen-bond donors (Lipinski definition) is 1. The quantitative estimate of drug-likeness (QED) is 0.916. The highest BCUT2D eigenvalue weighted by atomic mass is 16.5. The van der Waals surface area contributed by atoms with E-state index in [4.69, 9.17) is 4.52 Å². The lowest BCUT2D eigenvalue weighted by Crippen LogP contribution is -2.42. The van der Waals surface area contributed by atoms with Crippen molar-refractivity contribution < 1.29 is 14.1 Å². The molecule has 2 aliphatic rings. The van der Waals surface area contributed by atoms with Crippen LogP contribution in [0, 0.1) is 5.92 Å². The smallest absolute Gasteiger partial charge is 0.230 e. The first-order valence-corrected chi connectivity index (χ1v) is 8.65. The summed E-state index contributed by atoms with van der Waals surface area (Å²) in [5.74, 6) is 1.25. The number of likely N-dealkylation sites (tertiary alicyclic amines) is 1. The van der Waals surface area contributed by atoms with Gasteiger partial charge in [-0.2, -0.15) is 4.98 Å². The fourth-order valence-corrected chi connectivity index (χ4v) is 3.49. The minimum absolute atomic E-state index is 0.0347. The number of hydrogen-bond acceptors (Lipinski definition) is 5. The lowest BCUT2D eigenvalue weighted by Gasteiger charge is -2.31. The molecule has 2 saturated heterocycles. The normalized spacial score (nSPS) is 21.4. The minimum atomic E-state index is -0.211. The standard InChI is InChI=1S/C18H20N4O3/c23-15-10-14(11-19-15)18(24)22-8-6-13(7-9-22)17-20-16(21-25-17)12-4-2-1-3-5-12/h1-5,13-14H,6-11H2,(H,19,23). The Balaban J connectivity index is 1.37. The zero-order valence-electron chi connectivity index (χ0n) is 13.9. The minimum Gasteiger partial charge on any atom is -0.355 e. The van der Waals surface area contributed by atoms with E-state index in [1.807, 2.05) is 35.2 Å². The fraction of sp³-hybridized carbons (Fsp3) is 0.444. The molecular weight excluding hydrogens is 320 g/mol. The monoisotopic (exact) mass is 340 g/mol. The summed E-state index contributed by atoms with van der Waals surface area (Å²) >= 11 is 0. The second-order valence-corrected chi connectivity index (χ2v) is 6.63. The van der Waals surface area contributed by atoms with Gasteiger partial charge in [-0.25, -0.2) is 0 Å². The predicted molar refractivity (Wildman–Crippen MR) is 89.4 cm³/mol. The van der Waals surface area contributed by atoms with Gasteiger partial charge < -0.3 is 14.7 Å². The van der Waals surface area contributed by atoms with Gasteiger partial charge in [0.2, 0.25) is 23.5 Å². The van der Waals surface area contributed by atoms with Gasteiger partial charge in [0, 0.05) is 37.5 Å². The first-order valence-electron chi connectivity index (χ1n) is 8.65. The molecule has 0 bridgehead atoms. The number of carbonyl (C=O) groups excluding carboxylic acids is 2. The Morgan fingerprint density at radius 3 is 2.64 bits per heavy atom. The molecule has 3 heterocycles. The Kier molecular flexibility index (Phi) is 4.21. The average molecular weight is 340 g/mol. The molecule has 130 valence electrons. The molecule has 0 aliphatic carbocycles. The molecule has 7 heteroatoms. The zero-order valence-corrected chi connectivity index (χ0v) is 13.9. The van der Waals surface area contributed by atoms with Crippen LogP contribution in [0.15, 0.2) is 34.9 Å². The van der Waals surface area contributed by atoms with Crippen molar-refractivity contribution in [3.63, 3.8) is 0 Å². The summed E-state index contributed by atoms with van der Waals surface area (Å²) in [4.78, 5) is 30.1. The Bertz CT molecular complexity index is 766. The summed E-state index contributed by atoms with van der Waals surface area (Å²) in [6, 6.07) is 9.74. The fourth-order valence-electron chi connectivity index (χ4n) is 3.49. The number of piperidine rings is 1. The topological polar surface area (TPSA) is 88.3 Å². The van der Waals surface area contributed by atoms with Crippen molar-refractivity contribution in [2.24, 2.45) is 5.92 Å². The average Bonchev–Trinajstić information content (AvgIpc) is 3.31. The largest absolute Gasteiger partial charge is 0.355 e. The molecular formula is C18H20N4O3. The van der Waals surface area contributed by atoms with Crippen molar-refractivity contribution in [2.75, 3.05) is 19.6 Å². The van der Waals surface area contributed by atoms with Crippen LogP contribution in [-0.2, 0) is 9.59 Å². The van der Waals surface area contributed by atoms with Crippen molar-refractivity contribution in [1.29, 1.82) is 0 Å². The summed E-state index contributed by atoms with van der Waals surface area (Å²) in [5, 5.41) is 6.80. The van der Waals surface area contributed by atoms with Crippen LogP contribution in [0.1, 0.15) is 31.1 Å². The molecule has 0 saturated carbocycles. The van der Waals surface area contributed by atoms with Crippen LogP contribution in [0.4, 0.5) is 0 Å². The number of carbonyl (C=O) groups is 2. The second kappa shape index (κ2) is 6.66. The Labute approximate surface area is 145 Å². The van der Waals surface area contributed by atoms with Crippen molar-refractivity contribution in [3.8, 4) is 11.4 Å². The molecule has 4 rings (SSSR count). The van der Waals surface area contributed by atoms with Crippen LogP contribution in [0.25, 0.3) is 11.4 Å². The molecule has 2 aliphatic heterocycles. The second-order valence-electron chi connectivity index (χ2n) is 6.63. The van der Waals surface area contributed by atoms with Crippen LogP contribution >= 0.6 is 0 Å². The van der Waals surface area contributed by atoms with Gasteiger partial charge in [-0.15, -0.1) is 0 Å². The maximum Gasteiger partial charge on any atom is 0.230 e. The van der Waals surface area contributed by atoms with Crippen molar-refractivity contribution in [3.05, 3.63) is 36.2 Å². The van der Waals surface area contributed by atoms with Crippen LogP contribution in [0.2, 0.25) is 0 Å².